The fourth-order valence-corrected chi connectivity index (χ4v) is 1.66. The molecule has 1 rings (SSSR count). The molecule has 82 valence electrons. The number of hydrogen-bond acceptors (Lipinski definition) is 1. The summed E-state index contributed by atoms with van der Waals surface area (Å²) in [6.07, 6.45) is -0.125. The van der Waals surface area contributed by atoms with E-state index in [0.29, 0.717) is 10.6 Å². The molecule has 4 heteroatoms. The first-order chi connectivity index (χ1) is 6.98. The van der Waals surface area contributed by atoms with Crippen LogP contribution < -0.4 is 5.73 Å². The van der Waals surface area contributed by atoms with Gasteiger partial charge in [0, 0.05) is 5.02 Å². The molecule has 0 aliphatic carbocycles. The zero-order valence-electron chi connectivity index (χ0n) is 8.47. The van der Waals surface area contributed by atoms with Gasteiger partial charge >= 0.3 is 0 Å². The lowest BCUT2D eigenvalue weighted by molar-refractivity contribution is -0.121. The number of rotatable bonds is 4. The summed E-state index contributed by atoms with van der Waals surface area (Å²) < 4.78 is 14.3. The van der Waals surface area contributed by atoms with Crippen LogP contribution in [-0.4, -0.2) is 5.91 Å². The molecule has 0 aliphatic heterocycles. The second-order valence-corrected chi connectivity index (χ2v) is 3.91. The number of primary amides is 1. The Balaban J connectivity index is 3.05. The molecule has 1 amide bonds. The van der Waals surface area contributed by atoms with E-state index in [9.17, 15) is 9.18 Å². The van der Waals surface area contributed by atoms with Gasteiger partial charge in [0.1, 0.15) is 5.67 Å². The lowest BCUT2D eigenvalue weighted by Crippen LogP contribution is -2.27. The largest absolute Gasteiger partial charge is 0.370 e. The summed E-state index contributed by atoms with van der Waals surface area (Å²) in [4.78, 5) is 10.8. The maximum Gasteiger partial charge on any atom is 0.221 e. The lowest BCUT2D eigenvalue weighted by atomic mass is 9.89. The van der Waals surface area contributed by atoms with Gasteiger partial charge in [-0.15, -0.1) is 0 Å². The first-order valence-corrected chi connectivity index (χ1v) is 5.09. The highest BCUT2D eigenvalue weighted by atomic mass is 35.5. The minimum absolute atomic E-state index is 0.191. The second-order valence-electron chi connectivity index (χ2n) is 3.47. The van der Waals surface area contributed by atoms with Gasteiger partial charge in [0.25, 0.3) is 0 Å². The Morgan fingerprint density at radius 1 is 1.60 bits per heavy atom. The summed E-state index contributed by atoms with van der Waals surface area (Å²) in [6.45, 7) is 1.67. The van der Waals surface area contributed by atoms with E-state index in [1.54, 1.807) is 25.1 Å². The van der Waals surface area contributed by atoms with Crippen molar-refractivity contribution in [3.8, 4) is 0 Å². The van der Waals surface area contributed by atoms with Gasteiger partial charge in [0.15, 0.2) is 0 Å². The average molecular weight is 230 g/mol. The first-order valence-electron chi connectivity index (χ1n) is 4.71. The Bertz CT molecular complexity index is 369. The fraction of sp³-hybridized carbons (Fsp3) is 0.364. The summed E-state index contributed by atoms with van der Waals surface area (Å²) in [5.74, 6) is -0.653. The maximum absolute atomic E-state index is 14.3. The van der Waals surface area contributed by atoms with Gasteiger partial charge in [-0.2, -0.15) is 0 Å². The van der Waals surface area contributed by atoms with Crippen LogP contribution in [0.3, 0.4) is 0 Å². The molecule has 0 aliphatic rings. The number of halogens is 2. The van der Waals surface area contributed by atoms with Gasteiger partial charge in [-0.05, 0) is 24.1 Å². The van der Waals surface area contributed by atoms with Crippen molar-refractivity contribution in [1.29, 1.82) is 0 Å². The van der Waals surface area contributed by atoms with Crippen LogP contribution in [0.5, 0.6) is 0 Å². The smallest absolute Gasteiger partial charge is 0.221 e. The predicted octanol–water partition coefficient (Wildman–Crippen LogP) is 2.79. The topological polar surface area (TPSA) is 43.1 Å². The van der Waals surface area contributed by atoms with E-state index in [0.717, 1.165) is 0 Å². The average Bonchev–Trinajstić information content (AvgIpc) is 2.16. The third-order valence-corrected chi connectivity index (χ3v) is 2.59. The van der Waals surface area contributed by atoms with E-state index >= 15 is 0 Å². The molecule has 1 unspecified atom stereocenters. The third-order valence-electron chi connectivity index (χ3n) is 2.36. The van der Waals surface area contributed by atoms with Gasteiger partial charge in [-0.3, -0.25) is 4.79 Å². The Labute approximate surface area is 93.2 Å². The number of nitrogens with two attached hydrogens (primary N) is 1. The Morgan fingerprint density at radius 3 is 2.73 bits per heavy atom. The molecule has 0 saturated carbocycles. The van der Waals surface area contributed by atoms with Gasteiger partial charge in [-0.25, -0.2) is 4.39 Å². The summed E-state index contributed by atoms with van der Waals surface area (Å²) in [5.41, 5.74) is 3.71. The number of benzene rings is 1. The summed E-state index contributed by atoms with van der Waals surface area (Å²) in [6, 6.07) is 6.44. The van der Waals surface area contributed by atoms with Crippen LogP contribution in [0.25, 0.3) is 0 Å². The zero-order valence-corrected chi connectivity index (χ0v) is 9.22. The lowest BCUT2D eigenvalue weighted by Gasteiger charge is -2.22. The molecule has 0 fully saturated rings. The molecule has 0 spiro atoms. The molecule has 2 N–H and O–H groups in total. The molecular formula is C11H13ClFNO. The Hall–Kier alpha value is -1.09. The van der Waals surface area contributed by atoms with Crippen LogP contribution in [0, 0.1) is 0 Å². The number of carbonyl (C=O) groups is 1. The van der Waals surface area contributed by atoms with E-state index < -0.39 is 11.6 Å². The van der Waals surface area contributed by atoms with Crippen LogP contribution in [-0.2, 0) is 10.5 Å². The SMILES string of the molecule is CCC(F)(CC(N)=O)c1cccc(Cl)c1. The monoisotopic (exact) mass is 229 g/mol. The van der Waals surface area contributed by atoms with Crippen molar-refractivity contribution in [3.05, 3.63) is 34.9 Å². The van der Waals surface area contributed by atoms with Crippen molar-refractivity contribution in [1.82, 2.24) is 0 Å². The molecule has 0 aromatic heterocycles. The number of amides is 1. The van der Waals surface area contributed by atoms with E-state index in [1.165, 1.54) is 6.07 Å². The Morgan fingerprint density at radius 2 is 2.27 bits per heavy atom. The van der Waals surface area contributed by atoms with Crippen LogP contribution in [0.1, 0.15) is 25.3 Å². The van der Waals surface area contributed by atoms with Crippen molar-refractivity contribution >= 4 is 17.5 Å². The molecule has 1 aromatic carbocycles. The highest BCUT2D eigenvalue weighted by Crippen LogP contribution is 2.34. The molecule has 0 radical (unpaired) electrons. The minimum Gasteiger partial charge on any atom is -0.370 e. The van der Waals surface area contributed by atoms with Crippen molar-refractivity contribution in [2.75, 3.05) is 0 Å². The summed E-state index contributed by atoms with van der Waals surface area (Å²) in [7, 11) is 0. The molecule has 15 heavy (non-hydrogen) atoms. The van der Waals surface area contributed by atoms with Gasteiger partial charge < -0.3 is 5.73 Å². The Kier molecular flexibility index (Phi) is 3.69. The van der Waals surface area contributed by atoms with E-state index in [1.807, 2.05) is 0 Å². The van der Waals surface area contributed by atoms with E-state index in [2.05, 4.69) is 0 Å². The van der Waals surface area contributed by atoms with Crippen LogP contribution >= 0.6 is 11.6 Å². The molecule has 0 bridgehead atoms. The number of hydrogen-bond donors (Lipinski definition) is 1. The second kappa shape index (κ2) is 4.62. The van der Waals surface area contributed by atoms with Crippen LogP contribution in [0.4, 0.5) is 4.39 Å². The minimum atomic E-state index is -1.71. The van der Waals surface area contributed by atoms with Crippen molar-refractivity contribution in [2.24, 2.45) is 5.73 Å². The number of alkyl halides is 1. The maximum atomic E-state index is 14.3. The summed E-state index contributed by atoms with van der Waals surface area (Å²) >= 11 is 5.76. The molecule has 0 saturated heterocycles. The van der Waals surface area contributed by atoms with Crippen molar-refractivity contribution < 1.29 is 9.18 Å². The van der Waals surface area contributed by atoms with E-state index in [-0.39, 0.29) is 12.8 Å². The molecule has 1 aromatic rings. The highest BCUT2D eigenvalue weighted by molar-refractivity contribution is 6.30. The predicted molar refractivity (Wildman–Crippen MR) is 58.3 cm³/mol. The standard InChI is InChI=1S/C11H13ClFNO/c1-2-11(13,7-10(14)15)8-4-3-5-9(12)6-8/h3-6H,2,7H2,1H3,(H2,14,15). The quantitative estimate of drug-likeness (QED) is 0.848. The first kappa shape index (κ1) is 12.0. The molecule has 1 atom stereocenters. The van der Waals surface area contributed by atoms with Crippen LogP contribution in [0.2, 0.25) is 5.02 Å². The third kappa shape index (κ3) is 2.93. The fourth-order valence-electron chi connectivity index (χ4n) is 1.47. The van der Waals surface area contributed by atoms with Gasteiger partial charge in [0.2, 0.25) is 5.91 Å². The molecular weight excluding hydrogens is 217 g/mol. The van der Waals surface area contributed by atoms with Crippen molar-refractivity contribution in [3.63, 3.8) is 0 Å². The molecule has 0 heterocycles. The summed E-state index contributed by atoms with van der Waals surface area (Å²) in [5, 5.41) is 0.451. The highest BCUT2D eigenvalue weighted by Gasteiger charge is 2.32. The normalized spacial score (nSPS) is 14.6. The number of carbonyl (C=O) groups excluding carboxylic acids is 1. The van der Waals surface area contributed by atoms with E-state index in [4.69, 9.17) is 17.3 Å². The van der Waals surface area contributed by atoms with Gasteiger partial charge in [-0.1, -0.05) is 30.7 Å². The van der Waals surface area contributed by atoms with Gasteiger partial charge in [0.05, 0.1) is 6.42 Å². The zero-order chi connectivity index (χ0) is 11.5. The van der Waals surface area contributed by atoms with Crippen molar-refractivity contribution in [2.45, 2.75) is 25.4 Å². The molecule has 2 nitrogen and oxygen atoms in total. The van der Waals surface area contributed by atoms with Crippen LogP contribution in [0.15, 0.2) is 24.3 Å².